The van der Waals surface area contributed by atoms with Gasteiger partial charge in [0.25, 0.3) is 0 Å². The molecule has 0 fully saturated rings. The summed E-state index contributed by atoms with van der Waals surface area (Å²) in [5, 5.41) is 9.18. The molecule has 0 rings (SSSR count). The molecule has 0 aliphatic carbocycles. The van der Waals surface area contributed by atoms with Crippen molar-refractivity contribution >= 4 is 0 Å². The van der Waals surface area contributed by atoms with E-state index >= 15 is 0 Å². The summed E-state index contributed by atoms with van der Waals surface area (Å²) in [4.78, 5) is 0. The number of ether oxygens (including phenoxy) is 8. The second kappa shape index (κ2) is 25.6. The Morgan fingerprint density at radius 3 is 1.18 bits per heavy atom. The highest BCUT2D eigenvalue weighted by molar-refractivity contribution is 4.60. The predicted molar refractivity (Wildman–Crippen MR) is 126 cm³/mol. The van der Waals surface area contributed by atoms with Gasteiger partial charge in [-0.2, -0.15) is 0 Å². The Kier molecular flexibility index (Phi) is 25.2. The van der Waals surface area contributed by atoms with Gasteiger partial charge in [-0.1, -0.05) is 0 Å². The number of nitrogens with two attached hydrogens (primary N) is 4. The van der Waals surface area contributed by atoms with Crippen LogP contribution in [0, 0.1) is 0 Å². The summed E-state index contributed by atoms with van der Waals surface area (Å²) >= 11 is 0. The third-order valence-electron chi connectivity index (χ3n) is 4.39. The second-order valence-electron chi connectivity index (χ2n) is 7.17. The number of aliphatic hydroxyl groups is 1. The summed E-state index contributed by atoms with van der Waals surface area (Å²) in [6.07, 6.45) is -1.65. The van der Waals surface area contributed by atoms with Gasteiger partial charge in [-0.05, 0) is 6.92 Å². The zero-order valence-electron chi connectivity index (χ0n) is 20.6. The fourth-order valence-electron chi connectivity index (χ4n) is 2.47. The van der Waals surface area contributed by atoms with Crippen LogP contribution in [-0.2, 0) is 37.9 Å². The van der Waals surface area contributed by atoms with Crippen LogP contribution in [0.1, 0.15) is 6.92 Å². The zero-order chi connectivity index (χ0) is 25.3. The molecular weight excluding hydrogens is 452 g/mol. The minimum atomic E-state index is -0.977. The molecule has 34 heavy (non-hydrogen) atoms. The first-order valence-electron chi connectivity index (χ1n) is 11.9. The van der Waals surface area contributed by atoms with Crippen LogP contribution in [-0.4, -0.2) is 135 Å². The lowest BCUT2D eigenvalue weighted by atomic mass is 10.4. The molecule has 0 aromatic heterocycles. The Bertz CT molecular complexity index is 416. The number of hydrogen-bond donors (Lipinski definition) is 5. The fourth-order valence-corrected chi connectivity index (χ4v) is 2.47. The second-order valence-corrected chi connectivity index (χ2v) is 7.17. The normalized spacial score (nSPS) is 15.4. The Hall–Kier alpha value is -0.520. The quantitative estimate of drug-likeness (QED) is 0.0581. The topological polar surface area (TPSA) is 198 Å². The van der Waals surface area contributed by atoms with E-state index in [0.717, 1.165) is 0 Å². The number of aliphatic hydroxyl groups excluding tert-OH is 1. The van der Waals surface area contributed by atoms with Crippen molar-refractivity contribution < 1.29 is 43.0 Å². The van der Waals surface area contributed by atoms with Crippen LogP contribution in [0.4, 0.5) is 0 Å². The van der Waals surface area contributed by atoms with E-state index in [1.165, 1.54) is 0 Å². The highest BCUT2D eigenvalue weighted by atomic mass is 16.6. The average Bonchev–Trinajstić information content (AvgIpc) is 2.86. The molecule has 0 aromatic rings. The van der Waals surface area contributed by atoms with E-state index in [2.05, 4.69) is 0 Å². The first-order valence-corrected chi connectivity index (χ1v) is 11.9. The molecule has 4 atom stereocenters. The van der Waals surface area contributed by atoms with Crippen molar-refractivity contribution in [3.63, 3.8) is 0 Å². The van der Waals surface area contributed by atoms with E-state index in [1.54, 1.807) is 0 Å². The van der Waals surface area contributed by atoms with Gasteiger partial charge in [0.15, 0.2) is 6.29 Å². The number of rotatable bonds is 27. The van der Waals surface area contributed by atoms with Crippen LogP contribution < -0.4 is 22.9 Å². The molecule has 0 aliphatic rings. The fraction of sp³-hybridized carbons (Fsp3) is 1.00. The monoisotopic (exact) mass is 500 g/mol. The highest BCUT2D eigenvalue weighted by Gasteiger charge is 2.11. The summed E-state index contributed by atoms with van der Waals surface area (Å²) in [7, 11) is 0. The number of hydrogen-bond acceptors (Lipinski definition) is 13. The van der Waals surface area contributed by atoms with Gasteiger partial charge in [0, 0.05) is 32.8 Å². The van der Waals surface area contributed by atoms with Crippen molar-refractivity contribution in [2.24, 2.45) is 22.9 Å². The van der Waals surface area contributed by atoms with Gasteiger partial charge in [-0.15, -0.1) is 0 Å². The lowest BCUT2D eigenvalue weighted by molar-refractivity contribution is -0.111. The molecule has 0 saturated heterocycles. The Morgan fingerprint density at radius 1 is 0.500 bits per heavy atom. The molecule has 4 unspecified atom stereocenters. The van der Waals surface area contributed by atoms with Crippen molar-refractivity contribution in [3.8, 4) is 0 Å². The van der Waals surface area contributed by atoms with Crippen molar-refractivity contribution in [1.29, 1.82) is 0 Å². The maximum absolute atomic E-state index is 9.18. The van der Waals surface area contributed by atoms with Gasteiger partial charge >= 0.3 is 0 Å². The van der Waals surface area contributed by atoms with Crippen LogP contribution >= 0.6 is 0 Å². The lowest BCUT2D eigenvalue weighted by Crippen LogP contribution is -2.33. The van der Waals surface area contributed by atoms with Gasteiger partial charge in [0.05, 0.1) is 91.0 Å². The molecule has 13 heteroatoms. The smallest absolute Gasteiger partial charge is 0.166 e. The van der Waals surface area contributed by atoms with Crippen LogP contribution in [0.25, 0.3) is 0 Å². The zero-order valence-corrected chi connectivity index (χ0v) is 20.6. The Morgan fingerprint density at radius 2 is 0.853 bits per heavy atom. The van der Waals surface area contributed by atoms with Crippen LogP contribution in [0.2, 0.25) is 0 Å². The van der Waals surface area contributed by atoms with Gasteiger partial charge in [0.2, 0.25) is 0 Å². The van der Waals surface area contributed by atoms with Gasteiger partial charge < -0.3 is 65.9 Å². The molecule has 0 radical (unpaired) electrons. The largest absolute Gasteiger partial charge is 0.379 e. The molecular formula is C21H48N4O9. The summed E-state index contributed by atoms with van der Waals surface area (Å²) in [6, 6.07) is 0. The molecule has 0 amide bonds. The Labute approximate surface area is 203 Å². The van der Waals surface area contributed by atoms with E-state index in [9.17, 15) is 5.11 Å². The molecule has 0 saturated carbocycles. The minimum absolute atomic E-state index is 0.0404. The average molecular weight is 501 g/mol. The molecule has 9 N–H and O–H groups in total. The molecule has 0 aliphatic heterocycles. The predicted octanol–water partition coefficient (Wildman–Crippen LogP) is -2.60. The van der Waals surface area contributed by atoms with Gasteiger partial charge in [0.1, 0.15) is 0 Å². The van der Waals surface area contributed by atoms with Crippen molar-refractivity contribution in [2.75, 3.05) is 105 Å². The first kappa shape index (κ1) is 33.5. The van der Waals surface area contributed by atoms with Crippen LogP contribution in [0.3, 0.4) is 0 Å². The van der Waals surface area contributed by atoms with Crippen molar-refractivity contribution in [3.05, 3.63) is 0 Å². The highest BCUT2D eigenvalue weighted by Crippen LogP contribution is 1.97. The lowest BCUT2D eigenvalue weighted by Gasteiger charge is -2.19. The van der Waals surface area contributed by atoms with E-state index < -0.39 is 6.29 Å². The standard InChI is InChI=1S/C21H48N4O9/c1-2-27-3-7-31-18(11-22)15-28-4-8-32-19(12-23)16-29-5-9-33-20(13-24)17-30-6-10-34-21(26)14-25/h18-21,26H,2-17,22-25H2,1H3. The van der Waals surface area contributed by atoms with Gasteiger partial charge in [-0.25, -0.2) is 0 Å². The molecule has 0 aromatic carbocycles. The molecule has 0 spiro atoms. The van der Waals surface area contributed by atoms with E-state index in [1.807, 2.05) is 6.92 Å². The van der Waals surface area contributed by atoms with Crippen LogP contribution in [0.5, 0.6) is 0 Å². The van der Waals surface area contributed by atoms with Crippen LogP contribution in [0.15, 0.2) is 0 Å². The third-order valence-corrected chi connectivity index (χ3v) is 4.39. The minimum Gasteiger partial charge on any atom is -0.379 e. The molecule has 13 nitrogen and oxygen atoms in total. The van der Waals surface area contributed by atoms with E-state index in [4.69, 9.17) is 60.8 Å². The maximum atomic E-state index is 9.18. The molecule has 0 bridgehead atoms. The Balaban J connectivity index is 3.72. The maximum Gasteiger partial charge on any atom is 0.166 e. The van der Waals surface area contributed by atoms with Crippen molar-refractivity contribution in [1.82, 2.24) is 0 Å². The summed E-state index contributed by atoms with van der Waals surface area (Å²) in [5.74, 6) is 0. The SMILES string of the molecule is CCOCCOC(CN)COCCOC(CN)COCCOC(CN)COCCOC(O)CN. The molecule has 0 heterocycles. The summed E-state index contributed by atoms with van der Waals surface area (Å²) in [6.45, 7) is 7.78. The summed E-state index contributed by atoms with van der Waals surface area (Å²) < 4.78 is 43.7. The third kappa shape index (κ3) is 20.8. The van der Waals surface area contributed by atoms with E-state index in [-0.39, 0.29) is 31.5 Å². The first-order chi connectivity index (χ1) is 16.6. The van der Waals surface area contributed by atoms with Gasteiger partial charge in [-0.3, -0.25) is 0 Å². The molecule has 206 valence electrons. The summed E-state index contributed by atoms with van der Waals surface area (Å²) in [5.41, 5.74) is 22.3. The van der Waals surface area contributed by atoms with E-state index in [0.29, 0.717) is 92.3 Å². The van der Waals surface area contributed by atoms with Crippen molar-refractivity contribution in [2.45, 2.75) is 31.5 Å².